The van der Waals surface area contributed by atoms with Gasteiger partial charge in [-0.25, -0.2) is 0 Å². The number of likely N-dealkylation sites (tertiary alicyclic amines) is 1. The molecule has 29 heavy (non-hydrogen) atoms. The van der Waals surface area contributed by atoms with E-state index in [2.05, 4.69) is 56.7 Å². The average molecular weight is 396 g/mol. The molecule has 2 fully saturated rings. The van der Waals surface area contributed by atoms with Crippen molar-refractivity contribution in [3.05, 3.63) is 35.5 Å². The Labute approximate surface area is 173 Å². The van der Waals surface area contributed by atoms with Gasteiger partial charge in [0.25, 0.3) is 0 Å². The number of carbonyl (C=O) groups excluding carboxylic acids is 1. The number of carbonyl (C=O) groups is 1. The molecule has 0 bridgehead atoms. The number of aromatic amines is 1. The van der Waals surface area contributed by atoms with Crippen LogP contribution in [0, 0.1) is 12.8 Å². The van der Waals surface area contributed by atoms with E-state index in [1.807, 2.05) is 7.05 Å². The summed E-state index contributed by atoms with van der Waals surface area (Å²) in [6.07, 6.45) is 6.48. The van der Waals surface area contributed by atoms with E-state index in [1.165, 1.54) is 35.0 Å². The minimum atomic E-state index is 0.269. The molecule has 1 amide bonds. The predicted octanol–water partition coefficient (Wildman–Crippen LogP) is 2.97. The predicted molar refractivity (Wildman–Crippen MR) is 118 cm³/mol. The van der Waals surface area contributed by atoms with Crippen LogP contribution < -0.4 is 10.6 Å². The van der Waals surface area contributed by atoms with Crippen LogP contribution in [0.3, 0.4) is 0 Å². The zero-order valence-electron chi connectivity index (χ0n) is 17.6. The molecular formula is C23H33N5O. The van der Waals surface area contributed by atoms with Crippen LogP contribution in [0.1, 0.15) is 43.4 Å². The van der Waals surface area contributed by atoms with Gasteiger partial charge in [0.15, 0.2) is 5.96 Å². The van der Waals surface area contributed by atoms with E-state index >= 15 is 0 Å². The Morgan fingerprint density at radius 2 is 2.03 bits per heavy atom. The molecule has 156 valence electrons. The van der Waals surface area contributed by atoms with E-state index in [4.69, 9.17) is 0 Å². The van der Waals surface area contributed by atoms with Gasteiger partial charge in [-0.15, -0.1) is 0 Å². The van der Waals surface area contributed by atoms with Crippen molar-refractivity contribution >= 4 is 22.8 Å². The number of nitrogens with zero attached hydrogens (tertiary/aromatic N) is 2. The van der Waals surface area contributed by atoms with Gasteiger partial charge in [-0.05, 0) is 44.2 Å². The lowest BCUT2D eigenvalue weighted by Gasteiger charge is -2.21. The zero-order chi connectivity index (χ0) is 20.2. The number of hydrogen-bond donors (Lipinski definition) is 3. The number of para-hydroxylation sites is 1. The minimum absolute atomic E-state index is 0.269. The maximum absolute atomic E-state index is 12.6. The number of rotatable bonds is 5. The molecule has 2 heterocycles. The topological polar surface area (TPSA) is 72.5 Å². The summed E-state index contributed by atoms with van der Waals surface area (Å²) >= 11 is 0. The Morgan fingerprint density at radius 1 is 1.24 bits per heavy atom. The molecule has 4 rings (SSSR count). The van der Waals surface area contributed by atoms with Gasteiger partial charge in [-0.3, -0.25) is 9.79 Å². The first-order chi connectivity index (χ1) is 14.2. The number of guanidine groups is 1. The van der Waals surface area contributed by atoms with Gasteiger partial charge < -0.3 is 20.5 Å². The van der Waals surface area contributed by atoms with Gasteiger partial charge in [0.2, 0.25) is 5.91 Å². The molecule has 1 aromatic carbocycles. The molecular weight excluding hydrogens is 362 g/mol. The largest absolute Gasteiger partial charge is 0.358 e. The Balaban J connectivity index is 1.27. The van der Waals surface area contributed by atoms with Crippen molar-refractivity contribution in [3.63, 3.8) is 0 Å². The van der Waals surface area contributed by atoms with Crippen molar-refractivity contribution in [2.24, 2.45) is 10.9 Å². The third-order valence-corrected chi connectivity index (χ3v) is 6.46. The molecule has 6 nitrogen and oxygen atoms in total. The van der Waals surface area contributed by atoms with Crippen LogP contribution in [-0.4, -0.2) is 54.5 Å². The lowest BCUT2D eigenvalue weighted by Crippen LogP contribution is -2.45. The maximum Gasteiger partial charge on any atom is 0.225 e. The number of amides is 1. The van der Waals surface area contributed by atoms with Gasteiger partial charge in [0, 0.05) is 55.2 Å². The first-order valence-electron chi connectivity index (χ1n) is 11.0. The molecule has 1 aromatic heterocycles. The molecule has 1 aliphatic carbocycles. The van der Waals surface area contributed by atoms with Crippen molar-refractivity contribution in [2.75, 3.05) is 26.7 Å². The molecule has 1 saturated carbocycles. The van der Waals surface area contributed by atoms with Crippen molar-refractivity contribution in [3.8, 4) is 0 Å². The van der Waals surface area contributed by atoms with Gasteiger partial charge in [-0.1, -0.05) is 31.0 Å². The third-order valence-electron chi connectivity index (χ3n) is 6.46. The molecule has 6 heteroatoms. The van der Waals surface area contributed by atoms with Crippen molar-refractivity contribution in [1.29, 1.82) is 0 Å². The average Bonchev–Trinajstić information content (AvgIpc) is 3.47. The maximum atomic E-state index is 12.6. The van der Waals surface area contributed by atoms with E-state index in [9.17, 15) is 4.79 Å². The number of aliphatic imine (C=N–C) groups is 1. The lowest BCUT2D eigenvalue weighted by molar-refractivity contribution is -0.134. The normalized spacial score (nSPS) is 20.6. The summed E-state index contributed by atoms with van der Waals surface area (Å²) in [5.41, 5.74) is 3.78. The molecule has 0 spiro atoms. The fraction of sp³-hybridized carbons (Fsp3) is 0.565. The first-order valence-corrected chi connectivity index (χ1v) is 11.0. The van der Waals surface area contributed by atoms with Crippen LogP contribution in [0.15, 0.2) is 29.3 Å². The fourth-order valence-corrected chi connectivity index (χ4v) is 4.86. The van der Waals surface area contributed by atoms with E-state index in [0.717, 1.165) is 51.3 Å². The van der Waals surface area contributed by atoms with Crippen LogP contribution in [0.5, 0.6) is 0 Å². The quantitative estimate of drug-likeness (QED) is 0.538. The number of nitrogens with one attached hydrogen (secondary N) is 3. The summed E-state index contributed by atoms with van der Waals surface area (Å²) in [5.74, 6) is 1.46. The SMILES string of the molecule is CN=C(NCCc1c(C)[nH]c2ccccc12)NC1CCN(C(=O)C2CCCC2)C1. The number of benzene rings is 1. The van der Waals surface area contributed by atoms with Crippen LogP contribution in [0.4, 0.5) is 0 Å². The smallest absolute Gasteiger partial charge is 0.225 e. The van der Waals surface area contributed by atoms with Crippen LogP contribution in [0.2, 0.25) is 0 Å². The number of hydrogen-bond acceptors (Lipinski definition) is 2. The van der Waals surface area contributed by atoms with Gasteiger partial charge in [0.05, 0.1) is 0 Å². The van der Waals surface area contributed by atoms with E-state index in [-0.39, 0.29) is 12.0 Å². The van der Waals surface area contributed by atoms with Crippen LogP contribution in [0.25, 0.3) is 10.9 Å². The summed E-state index contributed by atoms with van der Waals surface area (Å²) in [6.45, 7) is 4.60. The van der Waals surface area contributed by atoms with E-state index < -0.39 is 0 Å². The molecule has 3 N–H and O–H groups in total. The summed E-state index contributed by atoms with van der Waals surface area (Å²) in [6, 6.07) is 8.73. The number of fused-ring (bicyclic) bond motifs is 1. The molecule has 2 aliphatic rings. The number of H-pyrrole nitrogens is 1. The number of aryl methyl sites for hydroxylation is 1. The Morgan fingerprint density at radius 3 is 2.83 bits per heavy atom. The van der Waals surface area contributed by atoms with Gasteiger partial charge in [0.1, 0.15) is 0 Å². The Hall–Kier alpha value is -2.50. The highest BCUT2D eigenvalue weighted by molar-refractivity contribution is 5.85. The fourth-order valence-electron chi connectivity index (χ4n) is 4.86. The summed E-state index contributed by atoms with van der Waals surface area (Å²) < 4.78 is 0. The van der Waals surface area contributed by atoms with Crippen molar-refractivity contribution in [2.45, 2.75) is 51.5 Å². The molecule has 2 aromatic rings. The first kappa shape index (κ1) is 19.8. The van der Waals surface area contributed by atoms with Crippen molar-refractivity contribution in [1.82, 2.24) is 20.5 Å². The summed E-state index contributed by atoms with van der Waals surface area (Å²) in [7, 11) is 1.81. The van der Waals surface area contributed by atoms with Crippen LogP contribution >= 0.6 is 0 Å². The highest BCUT2D eigenvalue weighted by Crippen LogP contribution is 2.28. The Bertz CT molecular complexity index is 881. The third kappa shape index (κ3) is 4.41. The summed E-state index contributed by atoms with van der Waals surface area (Å²) in [4.78, 5) is 22.5. The second kappa shape index (κ2) is 8.89. The summed E-state index contributed by atoms with van der Waals surface area (Å²) in [5, 5.41) is 8.26. The zero-order valence-corrected chi connectivity index (χ0v) is 17.6. The van der Waals surface area contributed by atoms with E-state index in [0.29, 0.717) is 5.91 Å². The van der Waals surface area contributed by atoms with E-state index in [1.54, 1.807) is 0 Å². The second-order valence-electron chi connectivity index (χ2n) is 8.42. The molecule has 1 unspecified atom stereocenters. The molecule has 1 saturated heterocycles. The standard InChI is InChI=1S/C23H33N5O/c1-16-19(20-9-5-6-10-21(20)26-16)11-13-25-23(24-2)27-18-12-14-28(15-18)22(29)17-7-3-4-8-17/h5-6,9-10,17-18,26H,3-4,7-8,11-15H2,1-2H3,(H2,24,25,27). The molecule has 1 aliphatic heterocycles. The Kier molecular flexibility index (Phi) is 6.07. The van der Waals surface area contributed by atoms with Crippen LogP contribution in [-0.2, 0) is 11.2 Å². The highest BCUT2D eigenvalue weighted by Gasteiger charge is 2.32. The van der Waals surface area contributed by atoms with Gasteiger partial charge >= 0.3 is 0 Å². The lowest BCUT2D eigenvalue weighted by atomic mass is 10.1. The monoisotopic (exact) mass is 395 g/mol. The molecule has 1 atom stereocenters. The number of aromatic nitrogens is 1. The minimum Gasteiger partial charge on any atom is -0.358 e. The van der Waals surface area contributed by atoms with Gasteiger partial charge in [-0.2, -0.15) is 0 Å². The second-order valence-corrected chi connectivity index (χ2v) is 8.42. The van der Waals surface area contributed by atoms with Crippen molar-refractivity contribution < 1.29 is 4.79 Å². The highest BCUT2D eigenvalue weighted by atomic mass is 16.2. The molecule has 0 radical (unpaired) electrons.